The molecule has 0 aliphatic carbocycles. The Morgan fingerprint density at radius 1 is 0.292 bits per heavy atom. The molecule has 0 aromatic heterocycles. The van der Waals surface area contributed by atoms with E-state index < -0.39 is 0 Å². The molecule has 0 saturated carbocycles. The van der Waals surface area contributed by atoms with Crippen molar-refractivity contribution in [3.05, 3.63) is 180 Å². The Balaban J connectivity index is 1.24. The van der Waals surface area contributed by atoms with Crippen LogP contribution in [0.2, 0.25) is 0 Å². The van der Waals surface area contributed by atoms with Gasteiger partial charge in [0.25, 0.3) is 0 Å². The highest BCUT2D eigenvalue weighted by Gasteiger charge is 2.14. The maximum absolute atomic E-state index is 8.65. The Hall–Kier alpha value is -6.80. The Labute approximate surface area is 279 Å². The Morgan fingerprint density at radius 3 is 0.958 bits per heavy atom. The van der Waals surface area contributed by atoms with Gasteiger partial charge in [-0.2, -0.15) is 0 Å². The van der Waals surface area contributed by atoms with Crippen molar-refractivity contribution in [3.8, 4) is 33.4 Å². The maximum Gasteiger partial charge on any atom is 0.144 e. The first-order valence-electron chi connectivity index (χ1n) is 15.4. The van der Waals surface area contributed by atoms with Gasteiger partial charge in [-0.3, -0.25) is 43.3 Å². The molecule has 8 heteroatoms. The number of hydrazine groups is 2. The van der Waals surface area contributed by atoms with Crippen LogP contribution in [0, 0.1) is 21.6 Å². The molecule has 234 valence electrons. The van der Waals surface area contributed by atoms with E-state index in [1.807, 2.05) is 133 Å². The quantitative estimate of drug-likeness (QED) is 0.0525. The molecule has 0 atom stereocenters. The van der Waals surface area contributed by atoms with Crippen LogP contribution in [0.1, 0.15) is 22.3 Å². The van der Waals surface area contributed by atoms with Crippen LogP contribution < -0.4 is 21.7 Å². The lowest BCUT2D eigenvalue weighted by molar-refractivity contribution is 0.852. The van der Waals surface area contributed by atoms with Crippen LogP contribution in [0.5, 0.6) is 0 Å². The van der Waals surface area contributed by atoms with Gasteiger partial charge in [0, 0.05) is 22.3 Å². The third-order valence-electron chi connectivity index (χ3n) is 7.82. The summed E-state index contributed by atoms with van der Waals surface area (Å²) in [6.07, 6.45) is 0. The van der Waals surface area contributed by atoms with E-state index in [0.29, 0.717) is 11.1 Å². The van der Waals surface area contributed by atoms with E-state index in [-0.39, 0.29) is 23.3 Å². The monoisotopic (exact) mass is 626 g/mol. The second kappa shape index (κ2) is 14.5. The number of benzene rings is 6. The van der Waals surface area contributed by atoms with Gasteiger partial charge in [0.1, 0.15) is 23.3 Å². The van der Waals surface area contributed by atoms with Gasteiger partial charge >= 0.3 is 0 Å². The van der Waals surface area contributed by atoms with E-state index in [4.69, 9.17) is 21.6 Å². The fourth-order valence-corrected chi connectivity index (χ4v) is 5.37. The van der Waals surface area contributed by atoms with Crippen LogP contribution in [0.15, 0.2) is 158 Å². The predicted octanol–water partition coefficient (Wildman–Crippen LogP) is 7.58. The van der Waals surface area contributed by atoms with Gasteiger partial charge in [0.15, 0.2) is 0 Å². The van der Waals surface area contributed by atoms with Crippen LogP contribution in [0.25, 0.3) is 33.4 Å². The molecule has 0 aliphatic heterocycles. The fourth-order valence-electron chi connectivity index (χ4n) is 5.37. The van der Waals surface area contributed by atoms with Gasteiger partial charge in [0.2, 0.25) is 0 Å². The van der Waals surface area contributed by atoms with Gasteiger partial charge in [-0.15, -0.1) is 0 Å². The van der Waals surface area contributed by atoms with Crippen LogP contribution in [-0.2, 0) is 0 Å². The van der Waals surface area contributed by atoms with E-state index in [2.05, 4.69) is 46.0 Å². The van der Waals surface area contributed by atoms with Crippen LogP contribution in [-0.4, -0.2) is 23.3 Å². The Bertz CT molecular complexity index is 1950. The molecular weight excluding hydrogens is 592 g/mol. The third-order valence-corrected chi connectivity index (χ3v) is 7.82. The van der Waals surface area contributed by atoms with Crippen molar-refractivity contribution in [2.75, 3.05) is 0 Å². The largest absolute Gasteiger partial charge is 0.283 e. The minimum absolute atomic E-state index is 0.150. The SMILES string of the molecule is N=C(NNC(=N)c1cccc(-c2ccccc2-c2ccccc2-c2cccc(C(=N)NNC(=N)c3ccccc3)c2)c1)c1ccccc1. The molecule has 0 heterocycles. The van der Waals surface area contributed by atoms with Crippen LogP contribution in [0.3, 0.4) is 0 Å². The van der Waals surface area contributed by atoms with Crippen LogP contribution in [0.4, 0.5) is 0 Å². The van der Waals surface area contributed by atoms with E-state index in [1.165, 1.54) is 0 Å². The summed E-state index contributed by atoms with van der Waals surface area (Å²) in [5.74, 6) is 0.654. The second-order valence-electron chi connectivity index (χ2n) is 11.0. The van der Waals surface area contributed by atoms with Crippen molar-refractivity contribution >= 4 is 23.3 Å². The summed E-state index contributed by atoms with van der Waals surface area (Å²) in [5, 5.41) is 33.9. The molecule has 6 aromatic carbocycles. The first-order valence-corrected chi connectivity index (χ1v) is 15.4. The van der Waals surface area contributed by atoms with Crippen molar-refractivity contribution in [2.24, 2.45) is 0 Å². The number of hydrogen-bond acceptors (Lipinski definition) is 4. The zero-order valence-electron chi connectivity index (χ0n) is 26.0. The second-order valence-corrected chi connectivity index (χ2v) is 11.0. The highest BCUT2D eigenvalue weighted by molar-refractivity contribution is 6.03. The number of nitrogens with one attached hydrogen (secondary N) is 8. The standard InChI is InChI=1S/C40H34N8/c41-37(27-13-3-1-4-14-27)45-47-39(43)31-19-11-17-29(25-31)33-21-7-9-23-35(33)36-24-10-8-22-34(36)30-18-12-20-32(26-30)40(44)48-46-38(42)28-15-5-2-6-16-28/h1-26H,(H2,41,45)(H2,42,46)(H2,43,47)(H2,44,48). The molecule has 0 saturated heterocycles. The minimum atomic E-state index is 0.150. The van der Waals surface area contributed by atoms with E-state index in [9.17, 15) is 0 Å². The van der Waals surface area contributed by atoms with Crippen molar-refractivity contribution in [3.63, 3.8) is 0 Å². The average molecular weight is 627 g/mol. The molecule has 0 amide bonds. The molecule has 8 N–H and O–H groups in total. The molecule has 0 aliphatic rings. The van der Waals surface area contributed by atoms with Gasteiger partial charge in [-0.05, 0) is 45.5 Å². The summed E-state index contributed by atoms with van der Waals surface area (Å²) in [6.45, 7) is 0. The first-order chi connectivity index (χ1) is 23.5. The average Bonchev–Trinajstić information content (AvgIpc) is 3.16. The van der Waals surface area contributed by atoms with Crippen molar-refractivity contribution in [1.82, 2.24) is 21.7 Å². The Morgan fingerprint density at radius 2 is 0.583 bits per heavy atom. The summed E-state index contributed by atoms with van der Waals surface area (Å²) in [6, 6.07) is 50.6. The van der Waals surface area contributed by atoms with E-state index in [1.54, 1.807) is 0 Å². The van der Waals surface area contributed by atoms with Crippen molar-refractivity contribution in [1.29, 1.82) is 21.6 Å². The molecule has 6 rings (SSSR count). The summed E-state index contributed by atoms with van der Waals surface area (Å²) in [7, 11) is 0. The lowest BCUT2D eigenvalue weighted by atomic mass is 9.88. The fraction of sp³-hybridized carbons (Fsp3) is 0. The van der Waals surface area contributed by atoms with E-state index >= 15 is 0 Å². The third kappa shape index (κ3) is 7.19. The summed E-state index contributed by atoms with van der Waals surface area (Å²) in [5.41, 5.74) is 20.2. The minimum Gasteiger partial charge on any atom is -0.283 e. The van der Waals surface area contributed by atoms with Gasteiger partial charge in [-0.25, -0.2) is 0 Å². The first kappa shape index (κ1) is 31.2. The smallest absolute Gasteiger partial charge is 0.144 e. The summed E-state index contributed by atoms with van der Waals surface area (Å²) < 4.78 is 0. The highest BCUT2D eigenvalue weighted by Crippen LogP contribution is 2.38. The lowest BCUT2D eigenvalue weighted by Gasteiger charge is -2.17. The maximum atomic E-state index is 8.65. The van der Waals surface area contributed by atoms with Crippen molar-refractivity contribution in [2.45, 2.75) is 0 Å². The molecule has 0 bridgehead atoms. The number of rotatable bonds is 7. The lowest BCUT2D eigenvalue weighted by Crippen LogP contribution is -2.41. The molecule has 6 aromatic rings. The normalized spacial score (nSPS) is 10.4. The molecule has 0 radical (unpaired) electrons. The number of amidine groups is 4. The topological polar surface area (TPSA) is 144 Å². The molecule has 48 heavy (non-hydrogen) atoms. The highest BCUT2D eigenvalue weighted by atomic mass is 15.4. The van der Waals surface area contributed by atoms with E-state index in [0.717, 1.165) is 44.5 Å². The van der Waals surface area contributed by atoms with Gasteiger partial charge in [0.05, 0.1) is 0 Å². The summed E-state index contributed by atoms with van der Waals surface area (Å²) >= 11 is 0. The van der Waals surface area contributed by atoms with Gasteiger partial charge in [-0.1, -0.05) is 146 Å². The molecule has 0 fully saturated rings. The van der Waals surface area contributed by atoms with Crippen LogP contribution >= 0.6 is 0 Å². The Kier molecular flexibility index (Phi) is 9.44. The zero-order chi connectivity index (χ0) is 33.3. The molecule has 0 spiro atoms. The molecule has 0 unspecified atom stereocenters. The number of hydrogen-bond donors (Lipinski definition) is 8. The zero-order valence-corrected chi connectivity index (χ0v) is 26.0. The predicted molar refractivity (Wildman–Crippen MR) is 195 cm³/mol. The van der Waals surface area contributed by atoms with Gasteiger partial charge < -0.3 is 0 Å². The molecular formula is C40H34N8. The van der Waals surface area contributed by atoms with Crippen molar-refractivity contribution < 1.29 is 0 Å². The molecule has 8 nitrogen and oxygen atoms in total. The summed E-state index contributed by atoms with van der Waals surface area (Å²) in [4.78, 5) is 0.